The van der Waals surface area contributed by atoms with E-state index in [9.17, 15) is 8.76 Å². The summed E-state index contributed by atoms with van der Waals surface area (Å²) in [6.45, 7) is 0. The minimum Gasteiger partial charge on any atom is -0.768 e. The van der Waals surface area contributed by atoms with Crippen LogP contribution in [-0.2, 0) is 11.1 Å². The van der Waals surface area contributed by atoms with E-state index in [2.05, 4.69) is 15.9 Å². The lowest BCUT2D eigenvalue weighted by Crippen LogP contribution is -1.91. The molecule has 1 aromatic rings. The summed E-state index contributed by atoms with van der Waals surface area (Å²) in [5.74, 6) is 0. The van der Waals surface area contributed by atoms with Crippen LogP contribution in [0.3, 0.4) is 0 Å². The summed E-state index contributed by atoms with van der Waals surface area (Å²) in [6, 6.07) is 4.44. The lowest BCUT2D eigenvalue weighted by Gasteiger charge is -2.05. The first-order chi connectivity index (χ1) is 5.11. The van der Waals surface area contributed by atoms with Gasteiger partial charge < -0.3 is 10.3 Å². The number of rotatable bonds is 1. The predicted octanol–water partition coefficient (Wildman–Crippen LogP) is 1.27. The predicted molar refractivity (Wildman–Crippen MR) is 45.7 cm³/mol. The van der Waals surface area contributed by atoms with Gasteiger partial charge in [-0.1, -0.05) is 0 Å². The smallest absolute Gasteiger partial charge is 0.0459 e. The highest BCUT2D eigenvalue weighted by atomic mass is 79.9. The summed E-state index contributed by atoms with van der Waals surface area (Å²) >= 11 is 0.933. The first-order valence-electron chi connectivity index (χ1n) is 2.75. The number of hydrogen-bond acceptors (Lipinski definition) is 3. The molecule has 0 amide bonds. The van der Waals surface area contributed by atoms with Crippen LogP contribution in [0.2, 0.25) is 0 Å². The lowest BCUT2D eigenvalue weighted by molar-refractivity contribution is 0.537. The molecule has 0 bridgehead atoms. The third kappa shape index (κ3) is 2.02. The second kappa shape index (κ2) is 3.34. The highest BCUT2D eigenvalue weighted by Crippen LogP contribution is 2.21. The molecular formula is C6H5BrNO2S-. The number of halogens is 1. The van der Waals surface area contributed by atoms with Gasteiger partial charge in [-0.05, 0) is 45.2 Å². The van der Waals surface area contributed by atoms with Crippen molar-refractivity contribution in [3.63, 3.8) is 0 Å². The van der Waals surface area contributed by atoms with Crippen molar-refractivity contribution in [3.05, 3.63) is 22.7 Å². The molecule has 0 fully saturated rings. The molecule has 0 saturated heterocycles. The second-order valence-corrected chi connectivity index (χ2v) is 3.71. The molecule has 3 nitrogen and oxygen atoms in total. The molecule has 0 aliphatic heterocycles. The Morgan fingerprint density at radius 2 is 2.18 bits per heavy atom. The summed E-state index contributed by atoms with van der Waals surface area (Å²) in [6.07, 6.45) is 0. The Labute approximate surface area is 75.0 Å². The Kier molecular flexibility index (Phi) is 2.64. The Balaban J connectivity index is 3.15. The fourth-order valence-corrected chi connectivity index (χ4v) is 1.54. The monoisotopic (exact) mass is 234 g/mol. The van der Waals surface area contributed by atoms with Crippen molar-refractivity contribution in [2.45, 2.75) is 4.90 Å². The molecular weight excluding hydrogens is 230 g/mol. The van der Waals surface area contributed by atoms with Crippen LogP contribution in [0.4, 0.5) is 5.69 Å². The quantitative estimate of drug-likeness (QED) is 0.588. The van der Waals surface area contributed by atoms with Crippen LogP contribution in [0, 0.1) is 0 Å². The van der Waals surface area contributed by atoms with Crippen molar-refractivity contribution >= 4 is 32.7 Å². The molecule has 1 unspecified atom stereocenters. The maximum absolute atomic E-state index is 10.4. The van der Waals surface area contributed by atoms with Crippen LogP contribution in [-0.4, -0.2) is 8.76 Å². The molecule has 0 heterocycles. The maximum Gasteiger partial charge on any atom is 0.0459 e. The first kappa shape index (κ1) is 8.70. The number of benzene rings is 1. The van der Waals surface area contributed by atoms with E-state index in [1.807, 2.05) is 0 Å². The molecule has 0 aliphatic carbocycles. The topological polar surface area (TPSA) is 66.2 Å². The number of anilines is 1. The molecule has 0 saturated carbocycles. The number of hydrogen-bond donors (Lipinski definition) is 1. The van der Waals surface area contributed by atoms with Crippen molar-refractivity contribution in [2.75, 3.05) is 5.73 Å². The molecule has 0 spiro atoms. The van der Waals surface area contributed by atoms with Crippen LogP contribution < -0.4 is 5.73 Å². The van der Waals surface area contributed by atoms with Gasteiger partial charge in [-0.2, -0.15) is 0 Å². The first-order valence-corrected chi connectivity index (χ1v) is 4.62. The van der Waals surface area contributed by atoms with Gasteiger partial charge in [0.25, 0.3) is 0 Å². The summed E-state index contributed by atoms with van der Waals surface area (Å²) < 4.78 is 21.4. The highest BCUT2D eigenvalue weighted by molar-refractivity contribution is 9.10. The van der Waals surface area contributed by atoms with E-state index in [4.69, 9.17) is 5.73 Å². The summed E-state index contributed by atoms with van der Waals surface area (Å²) in [5, 5.41) is 0. The van der Waals surface area contributed by atoms with E-state index in [0.717, 1.165) is 0 Å². The van der Waals surface area contributed by atoms with Gasteiger partial charge in [-0.3, -0.25) is 4.21 Å². The number of nitrogens with two attached hydrogens (primary N) is 1. The van der Waals surface area contributed by atoms with E-state index in [1.54, 1.807) is 0 Å². The molecule has 0 aliphatic rings. The second-order valence-electron chi connectivity index (χ2n) is 1.92. The molecule has 1 atom stereocenters. The Morgan fingerprint density at radius 1 is 1.55 bits per heavy atom. The van der Waals surface area contributed by atoms with Gasteiger partial charge in [0.05, 0.1) is 0 Å². The van der Waals surface area contributed by atoms with Crippen LogP contribution in [0.15, 0.2) is 27.6 Å². The summed E-state index contributed by atoms with van der Waals surface area (Å²) in [5.41, 5.74) is 5.97. The van der Waals surface area contributed by atoms with Gasteiger partial charge in [-0.25, -0.2) is 0 Å². The van der Waals surface area contributed by atoms with Gasteiger partial charge in [0.1, 0.15) is 0 Å². The van der Waals surface area contributed by atoms with E-state index in [-0.39, 0.29) is 4.90 Å². The van der Waals surface area contributed by atoms with E-state index >= 15 is 0 Å². The molecule has 11 heavy (non-hydrogen) atoms. The average molecular weight is 235 g/mol. The largest absolute Gasteiger partial charge is 0.768 e. The van der Waals surface area contributed by atoms with Crippen molar-refractivity contribution in [1.82, 2.24) is 0 Å². The SMILES string of the molecule is Nc1ccc(S(=O)[O-])cc1Br. The minimum absolute atomic E-state index is 0.228. The minimum atomic E-state index is -2.18. The van der Waals surface area contributed by atoms with Crippen LogP contribution in [0.5, 0.6) is 0 Å². The average Bonchev–Trinajstić information content (AvgIpc) is 1.94. The van der Waals surface area contributed by atoms with Crippen molar-refractivity contribution < 1.29 is 8.76 Å². The van der Waals surface area contributed by atoms with Gasteiger partial charge in [0, 0.05) is 15.1 Å². The Morgan fingerprint density at radius 3 is 2.64 bits per heavy atom. The molecule has 2 N–H and O–H groups in total. The number of nitrogen functional groups attached to an aromatic ring is 1. The third-order valence-corrected chi connectivity index (χ3v) is 2.49. The third-order valence-electron chi connectivity index (χ3n) is 1.16. The van der Waals surface area contributed by atoms with Gasteiger partial charge in [0.15, 0.2) is 0 Å². The van der Waals surface area contributed by atoms with Gasteiger partial charge in [-0.15, -0.1) is 0 Å². The van der Waals surface area contributed by atoms with Crippen molar-refractivity contribution in [3.8, 4) is 0 Å². The van der Waals surface area contributed by atoms with E-state index in [1.165, 1.54) is 18.2 Å². The Hall–Kier alpha value is -0.390. The molecule has 5 heteroatoms. The molecule has 0 aromatic heterocycles. The maximum atomic E-state index is 10.4. The zero-order valence-electron chi connectivity index (χ0n) is 5.41. The van der Waals surface area contributed by atoms with Crippen LogP contribution in [0.25, 0.3) is 0 Å². The fraction of sp³-hybridized carbons (Fsp3) is 0. The Bertz CT molecular complexity index is 303. The zero-order chi connectivity index (χ0) is 8.43. The molecule has 1 aromatic carbocycles. The standard InChI is InChI=1S/C6H6BrNO2S/c7-5-3-4(11(9)10)1-2-6(5)8/h1-3H,8H2,(H,9,10)/p-1. The van der Waals surface area contributed by atoms with Gasteiger partial charge >= 0.3 is 0 Å². The fourth-order valence-electron chi connectivity index (χ4n) is 0.612. The molecule has 1 rings (SSSR count). The summed E-state index contributed by atoms with van der Waals surface area (Å²) in [7, 11) is 0. The summed E-state index contributed by atoms with van der Waals surface area (Å²) in [4.78, 5) is 0.228. The van der Waals surface area contributed by atoms with Gasteiger partial charge in [0.2, 0.25) is 0 Å². The van der Waals surface area contributed by atoms with E-state index < -0.39 is 11.1 Å². The highest BCUT2D eigenvalue weighted by Gasteiger charge is 1.96. The van der Waals surface area contributed by atoms with Crippen LogP contribution in [0.1, 0.15) is 0 Å². The molecule has 60 valence electrons. The van der Waals surface area contributed by atoms with E-state index in [0.29, 0.717) is 10.2 Å². The normalized spacial score (nSPS) is 12.9. The van der Waals surface area contributed by atoms with Crippen molar-refractivity contribution in [2.24, 2.45) is 0 Å². The van der Waals surface area contributed by atoms with Crippen LogP contribution >= 0.6 is 15.9 Å². The lowest BCUT2D eigenvalue weighted by atomic mass is 10.3. The molecule has 0 radical (unpaired) electrons. The zero-order valence-corrected chi connectivity index (χ0v) is 7.81. The van der Waals surface area contributed by atoms with Crippen molar-refractivity contribution in [1.29, 1.82) is 0 Å².